The summed E-state index contributed by atoms with van der Waals surface area (Å²) in [5.74, 6) is -0.866. The molecule has 0 aliphatic rings. The molecule has 6 heteroatoms. The van der Waals surface area contributed by atoms with Gasteiger partial charge in [-0.25, -0.2) is 0 Å². The Balaban J connectivity index is 4.01. The van der Waals surface area contributed by atoms with Gasteiger partial charge in [-0.15, -0.1) is 0 Å². The van der Waals surface area contributed by atoms with E-state index < -0.39 is 6.10 Å². The minimum absolute atomic E-state index is 0.0700. The van der Waals surface area contributed by atoms with E-state index >= 15 is 0 Å². The lowest BCUT2D eigenvalue weighted by molar-refractivity contribution is -0.167. The Morgan fingerprint density at radius 2 is 0.557 bits per heavy atom. The largest absolute Gasteiger partial charge is 0.462 e. The van der Waals surface area contributed by atoms with E-state index in [-0.39, 0.29) is 31.1 Å². The minimum atomic E-state index is -0.767. The third-order valence-electron chi connectivity index (χ3n) is 13.0. The van der Waals surface area contributed by atoms with E-state index in [0.717, 1.165) is 96.3 Å². The van der Waals surface area contributed by atoms with Gasteiger partial charge in [0.1, 0.15) is 13.2 Å². The zero-order valence-corrected chi connectivity index (χ0v) is 46.3. The van der Waals surface area contributed by atoms with Crippen molar-refractivity contribution >= 4 is 17.9 Å². The van der Waals surface area contributed by atoms with E-state index in [1.165, 1.54) is 161 Å². The average molecular weight is 978 g/mol. The van der Waals surface area contributed by atoms with Crippen molar-refractivity contribution in [2.75, 3.05) is 13.2 Å². The second-order valence-electron chi connectivity index (χ2n) is 19.9. The van der Waals surface area contributed by atoms with Gasteiger partial charge in [-0.3, -0.25) is 14.4 Å². The van der Waals surface area contributed by atoms with E-state index in [0.29, 0.717) is 19.3 Å². The van der Waals surface area contributed by atoms with Crippen LogP contribution in [-0.4, -0.2) is 37.2 Å². The van der Waals surface area contributed by atoms with Crippen LogP contribution in [0.2, 0.25) is 0 Å². The summed E-state index contributed by atoms with van der Waals surface area (Å²) in [4.78, 5) is 37.9. The molecule has 0 aromatic carbocycles. The first-order valence-electron chi connectivity index (χ1n) is 29.9. The molecule has 0 spiro atoms. The number of rotatable bonds is 54. The highest BCUT2D eigenvalue weighted by molar-refractivity contribution is 5.71. The quantitative estimate of drug-likeness (QED) is 0.0261. The van der Waals surface area contributed by atoms with Crippen LogP contribution in [0.4, 0.5) is 0 Å². The minimum Gasteiger partial charge on any atom is -0.462 e. The number of esters is 3. The molecule has 0 fully saturated rings. The summed E-state index contributed by atoms with van der Waals surface area (Å²) >= 11 is 0. The lowest BCUT2D eigenvalue weighted by Gasteiger charge is -2.18. The molecule has 0 aromatic rings. The van der Waals surface area contributed by atoms with Gasteiger partial charge >= 0.3 is 17.9 Å². The van der Waals surface area contributed by atoms with Crippen LogP contribution >= 0.6 is 0 Å². The van der Waals surface area contributed by atoms with Gasteiger partial charge in [-0.1, -0.05) is 280 Å². The predicted octanol–water partition coefficient (Wildman–Crippen LogP) is 20.2. The molecule has 70 heavy (non-hydrogen) atoms. The monoisotopic (exact) mass is 977 g/mol. The highest BCUT2D eigenvalue weighted by Crippen LogP contribution is 2.16. The molecule has 0 saturated heterocycles. The summed E-state index contributed by atoms with van der Waals surface area (Å²) in [6.45, 7) is 6.51. The molecule has 0 radical (unpaired) electrons. The molecule has 0 amide bonds. The van der Waals surface area contributed by atoms with Crippen LogP contribution in [-0.2, 0) is 28.6 Å². The molecule has 0 heterocycles. The summed E-state index contributed by atoms with van der Waals surface area (Å²) in [5.41, 5.74) is 0. The van der Waals surface area contributed by atoms with Gasteiger partial charge in [0.05, 0.1) is 0 Å². The van der Waals surface area contributed by atoms with Gasteiger partial charge in [0.2, 0.25) is 0 Å². The molecular formula is C64H112O6. The second-order valence-corrected chi connectivity index (χ2v) is 19.9. The van der Waals surface area contributed by atoms with Crippen LogP contribution in [0.1, 0.15) is 297 Å². The molecule has 0 bridgehead atoms. The van der Waals surface area contributed by atoms with Crippen molar-refractivity contribution in [3.05, 3.63) is 72.9 Å². The molecule has 0 saturated carbocycles. The first-order chi connectivity index (χ1) is 34.5. The first-order valence-corrected chi connectivity index (χ1v) is 29.9. The average Bonchev–Trinajstić information content (AvgIpc) is 3.36. The molecule has 1 atom stereocenters. The van der Waals surface area contributed by atoms with E-state index in [9.17, 15) is 14.4 Å². The summed E-state index contributed by atoms with van der Waals surface area (Å²) in [6, 6.07) is 0. The molecule has 0 aromatic heterocycles. The van der Waals surface area contributed by atoms with Crippen LogP contribution in [0, 0.1) is 0 Å². The number of hydrogen-bond acceptors (Lipinski definition) is 6. The van der Waals surface area contributed by atoms with Crippen molar-refractivity contribution in [1.82, 2.24) is 0 Å². The molecule has 0 N–H and O–H groups in total. The van der Waals surface area contributed by atoms with Crippen molar-refractivity contribution < 1.29 is 28.6 Å². The van der Waals surface area contributed by atoms with Crippen molar-refractivity contribution in [3.63, 3.8) is 0 Å². The molecule has 0 rings (SSSR count). The van der Waals surface area contributed by atoms with Gasteiger partial charge in [-0.05, 0) is 70.6 Å². The van der Waals surface area contributed by atoms with Crippen molar-refractivity contribution in [2.45, 2.75) is 303 Å². The number of allylic oxidation sites excluding steroid dienone is 12. The normalized spacial score (nSPS) is 12.6. The van der Waals surface area contributed by atoms with Crippen LogP contribution in [0.15, 0.2) is 72.9 Å². The van der Waals surface area contributed by atoms with Gasteiger partial charge in [0.25, 0.3) is 0 Å². The fraction of sp³-hybridized carbons (Fsp3) is 0.766. The number of unbranched alkanes of at least 4 members (excludes halogenated alkanes) is 31. The Labute approximate surface area is 433 Å². The van der Waals surface area contributed by atoms with Gasteiger partial charge in [0.15, 0.2) is 6.10 Å². The highest BCUT2D eigenvalue weighted by atomic mass is 16.6. The maximum atomic E-state index is 12.8. The number of carbonyl (C=O) groups is 3. The van der Waals surface area contributed by atoms with Crippen molar-refractivity contribution in [2.24, 2.45) is 0 Å². The second kappa shape index (κ2) is 58.4. The summed E-state index contributed by atoms with van der Waals surface area (Å²) in [5, 5.41) is 0. The van der Waals surface area contributed by atoms with Crippen molar-refractivity contribution in [1.29, 1.82) is 0 Å². The Hall–Kier alpha value is -3.15. The van der Waals surface area contributed by atoms with Gasteiger partial charge < -0.3 is 14.2 Å². The molecule has 6 nitrogen and oxygen atoms in total. The van der Waals surface area contributed by atoms with Crippen LogP contribution in [0.25, 0.3) is 0 Å². The Morgan fingerprint density at radius 3 is 0.871 bits per heavy atom. The zero-order valence-electron chi connectivity index (χ0n) is 46.3. The predicted molar refractivity (Wildman–Crippen MR) is 302 cm³/mol. The van der Waals surface area contributed by atoms with Gasteiger partial charge in [0, 0.05) is 19.3 Å². The summed E-state index contributed by atoms with van der Waals surface area (Å²) in [7, 11) is 0. The van der Waals surface area contributed by atoms with E-state index in [1.807, 2.05) is 0 Å². The maximum Gasteiger partial charge on any atom is 0.306 e. The summed E-state index contributed by atoms with van der Waals surface area (Å²) in [6.07, 6.45) is 75.0. The first kappa shape index (κ1) is 66.9. The van der Waals surface area contributed by atoms with Crippen LogP contribution in [0.5, 0.6) is 0 Å². The zero-order chi connectivity index (χ0) is 50.7. The topological polar surface area (TPSA) is 78.9 Å². The number of carbonyl (C=O) groups excluding carboxylic acids is 3. The smallest absolute Gasteiger partial charge is 0.306 e. The molecule has 0 aliphatic heterocycles. The van der Waals surface area contributed by atoms with Gasteiger partial charge in [-0.2, -0.15) is 0 Å². The molecule has 1 unspecified atom stereocenters. The molecular weight excluding hydrogens is 865 g/mol. The van der Waals surface area contributed by atoms with E-state index in [2.05, 4.69) is 93.7 Å². The summed E-state index contributed by atoms with van der Waals surface area (Å²) < 4.78 is 16.8. The number of hydrogen-bond donors (Lipinski definition) is 0. The maximum absolute atomic E-state index is 12.8. The lowest BCUT2D eigenvalue weighted by Crippen LogP contribution is -2.30. The van der Waals surface area contributed by atoms with Crippen LogP contribution in [0.3, 0.4) is 0 Å². The third kappa shape index (κ3) is 55.8. The Kier molecular flexibility index (Phi) is 55.8. The Morgan fingerprint density at radius 1 is 0.300 bits per heavy atom. The van der Waals surface area contributed by atoms with E-state index in [4.69, 9.17) is 14.2 Å². The molecule has 0 aliphatic carbocycles. The molecule has 404 valence electrons. The number of ether oxygens (including phenoxy) is 3. The standard InChI is InChI=1S/C64H112O6/c1-4-7-10-13-16-19-21-22-23-24-25-26-27-28-29-30-31-32-33-34-35-36-37-38-39-40-41-42-44-45-48-51-54-57-63(66)69-60-61(59-68-62(65)56-53-50-47-18-15-12-9-6-3)70-64(67)58-55-52-49-46-43-20-17-14-11-8-5-2/h7,10,16,19,22-23,25-26,28-29,31-32,61H,4-6,8-9,11-15,17-18,20-21,24,27,30,33-60H2,1-3H3/b10-7-,19-16-,23-22-,26-25-,29-28-,32-31-. The van der Waals surface area contributed by atoms with Crippen molar-refractivity contribution in [3.8, 4) is 0 Å². The fourth-order valence-corrected chi connectivity index (χ4v) is 8.51. The fourth-order valence-electron chi connectivity index (χ4n) is 8.51. The SMILES string of the molecule is CC/C=C\C/C=C\C/C=C\C/C=C\C/C=C\C/C=C\CCCCCCCCCCCCCCCCC(=O)OCC(COC(=O)CCCCCCCCCC)OC(=O)CCCCCCCCCCCCC. The van der Waals surface area contributed by atoms with Crippen LogP contribution < -0.4 is 0 Å². The Bertz CT molecular complexity index is 1310. The lowest BCUT2D eigenvalue weighted by atomic mass is 10.0. The highest BCUT2D eigenvalue weighted by Gasteiger charge is 2.19. The third-order valence-corrected chi connectivity index (χ3v) is 13.0. The van der Waals surface area contributed by atoms with E-state index in [1.54, 1.807) is 0 Å².